The first-order valence-corrected chi connectivity index (χ1v) is 5.14. The summed E-state index contributed by atoms with van der Waals surface area (Å²) in [6.07, 6.45) is 1.67. The van der Waals surface area contributed by atoms with E-state index in [1.54, 1.807) is 12.3 Å². The molecule has 0 spiro atoms. The van der Waals surface area contributed by atoms with Crippen molar-refractivity contribution in [1.82, 2.24) is 10.3 Å². The third-order valence-corrected chi connectivity index (χ3v) is 1.80. The molecule has 4 nitrogen and oxygen atoms in total. The number of nitrogens with one attached hydrogen (secondary N) is 2. The number of amides is 1. The molecule has 1 aromatic rings. The molecule has 0 aliphatic rings. The maximum atomic E-state index is 11.5. The Hall–Kier alpha value is -1.58. The molecule has 0 radical (unpaired) electrons. The van der Waals surface area contributed by atoms with Crippen molar-refractivity contribution >= 4 is 11.6 Å². The lowest BCUT2D eigenvalue weighted by Crippen LogP contribution is -2.30. The van der Waals surface area contributed by atoms with Crippen LogP contribution in [0.25, 0.3) is 0 Å². The number of nitrogens with zero attached hydrogens (tertiary/aromatic N) is 1. The van der Waals surface area contributed by atoms with Gasteiger partial charge < -0.3 is 10.6 Å². The highest BCUT2D eigenvalue weighted by molar-refractivity contribution is 5.92. The van der Waals surface area contributed by atoms with Crippen molar-refractivity contribution in [2.75, 3.05) is 11.9 Å². The van der Waals surface area contributed by atoms with Crippen LogP contribution in [0.15, 0.2) is 18.3 Å². The summed E-state index contributed by atoms with van der Waals surface area (Å²) >= 11 is 0. The first kappa shape index (κ1) is 11.5. The fraction of sp³-hybridized carbons (Fsp3) is 0.455. The van der Waals surface area contributed by atoms with E-state index in [0.717, 1.165) is 12.2 Å². The standard InChI is InChI=1S/C11H17N3O/c1-4-12-9-5-6-10(13-7-9)11(15)14-8(2)3/h5-8,12H,4H2,1-3H3,(H,14,15). The summed E-state index contributed by atoms with van der Waals surface area (Å²) in [7, 11) is 0. The van der Waals surface area contributed by atoms with E-state index >= 15 is 0 Å². The van der Waals surface area contributed by atoms with E-state index in [4.69, 9.17) is 0 Å². The molecule has 1 aromatic heterocycles. The minimum atomic E-state index is -0.131. The Morgan fingerprint density at radius 1 is 1.47 bits per heavy atom. The lowest BCUT2D eigenvalue weighted by molar-refractivity contribution is 0.0938. The molecule has 4 heteroatoms. The van der Waals surface area contributed by atoms with Crippen LogP contribution in [0.5, 0.6) is 0 Å². The molecule has 82 valence electrons. The summed E-state index contributed by atoms with van der Waals surface area (Å²) in [5.74, 6) is -0.131. The molecule has 0 aromatic carbocycles. The fourth-order valence-corrected chi connectivity index (χ4v) is 1.17. The van der Waals surface area contributed by atoms with Crippen LogP contribution in [0.4, 0.5) is 5.69 Å². The van der Waals surface area contributed by atoms with Gasteiger partial charge >= 0.3 is 0 Å². The molecule has 0 saturated heterocycles. The van der Waals surface area contributed by atoms with Crippen molar-refractivity contribution in [3.05, 3.63) is 24.0 Å². The van der Waals surface area contributed by atoms with Crippen LogP contribution in [0.3, 0.4) is 0 Å². The van der Waals surface area contributed by atoms with Crippen LogP contribution >= 0.6 is 0 Å². The average molecular weight is 207 g/mol. The first-order chi connectivity index (χ1) is 7.13. The molecule has 1 rings (SSSR count). The van der Waals surface area contributed by atoms with Gasteiger partial charge in [0.1, 0.15) is 5.69 Å². The van der Waals surface area contributed by atoms with E-state index in [0.29, 0.717) is 5.69 Å². The smallest absolute Gasteiger partial charge is 0.270 e. The maximum Gasteiger partial charge on any atom is 0.270 e. The number of aromatic nitrogens is 1. The largest absolute Gasteiger partial charge is 0.384 e. The normalized spacial score (nSPS) is 10.1. The molecule has 0 aliphatic carbocycles. The SMILES string of the molecule is CCNc1ccc(C(=O)NC(C)C)nc1. The monoisotopic (exact) mass is 207 g/mol. The second kappa shape index (κ2) is 5.34. The molecular weight excluding hydrogens is 190 g/mol. The predicted molar refractivity (Wildman–Crippen MR) is 61.0 cm³/mol. The van der Waals surface area contributed by atoms with Gasteiger partial charge in [0.25, 0.3) is 5.91 Å². The van der Waals surface area contributed by atoms with Gasteiger partial charge in [0.05, 0.1) is 11.9 Å². The maximum absolute atomic E-state index is 11.5. The van der Waals surface area contributed by atoms with Crippen LogP contribution in [-0.2, 0) is 0 Å². The number of hydrogen-bond donors (Lipinski definition) is 2. The third-order valence-electron chi connectivity index (χ3n) is 1.80. The second-order valence-electron chi connectivity index (χ2n) is 3.59. The summed E-state index contributed by atoms with van der Waals surface area (Å²) in [5.41, 5.74) is 1.38. The van der Waals surface area contributed by atoms with Crippen LogP contribution in [-0.4, -0.2) is 23.5 Å². The van der Waals surface area contributed by atoms with Crippen LogP contribution in [0, 0.1) is 0 Å². The van der Waals surface area contributed by atoms with Gasteiger partial charge in [-0.15, -0.1) is 0 Å². The Balaban J connectivity index is 2.67. The summed E-state index contributed by atoms with van der Waals surface area (Å²) in [6.45, 7) is 6.70. The van der Waals surface area contributed by atoms with Crippen LogP contribution in [0.2, 0.25) is 0 Å². The number of pyridine rings is 1. The average Bonchev–Trinajstić information content (AvgIpc) is 2.18. The zero-order valence-electron chi connectivity index (χ0n) is 9.37. The molecule has 15 heavy (non-hydrogen) atoms. The number of rotatable bonds is 4. The summed E-state index contributed by atoms with van der Waals surface area (Å²) < 4.78 is 0. The van der Waals surface area contributed by atoms with E-state index in [2.05, 4.69) is 15.6 Å². The molecule has 0 aliphatic heterocycles. The van der Waals surface area contributed by atoms with Crippen molar-refractivity contribution in [2.24, 2.45) is 0 Å². The van der Waals surface area contributed by atoms with Crippen molar-refractivity contribution in [3.8, 4) is 0 Å². The van der Waals surface area contributed by atoms with Crippen molar-refractivity contribution in [1.29, 1.82) is 0 Å². The highest BCUT2D eigenvalue weighted by Gasteiger charge is 2.07. The highest BCUT2D eigenvalue weighted by Crippen LogP contribution is 2.05. The Bertz CT molecular complexity index is 319. The molecule has 0 unspecified atom stereocenters. The minimum absolute atomic E-state index is 0.131. The number of carbonyl (C=O) groups excluding carboxylic acids is 1. The lowest BCUT2D eigenvalue weighted by Gasteiger charge is -2.08. The Morgan fingerprint density at radius 2 is 2.20 bits per heavy atom. The zero-order valence-corrected chi connectivity index (χ0v) is 9.37. The van der Waals surface area contributed by atoms with Gasteiger partial charge in [-0.3, -0.25) is 4.79 Å². The Labute approximate surface area is 90.1 Å². The first-order valence-electron chi connectivity index (χ1n) is 5.14. The minimum Gasteiger partial charge on any atom is -0.384 e. The van der Waals surface area contributed by atoms with Gasteiger partial charge in [-0.1, -0.05) is 0 Å². The quantitative estimate of drug-likeness (QED) is 0.789. The highest BCUT2D eigenvalue weighted by atomic mass is 16.1. The molecule has 0 fully saturated rings. The molecule has 1 amide bonds. The number of carbonyl (C=O) groups is 1. The molecule has 2 N–H and O–H groups in total. The van der Waals surface area contributed by atoms with Crippen LogP contribution < -0.4 is 10.6 Å². The zero-order chi connectivity index (χ0) is 11.3. The molecule has 0 bridgehead atoms. The van der Waals surface area contributed by atoms with Crippen LogP contribution in [0.1, 0.15) is 31.3 Å². The van der Waals surface area contributed by atoms with Gasteiger partial charge in [-0.05, 0) is 32.9 Å². The van der Waals surface area contributed by atoms with E-state index in [9.17, 15) is 4.79 Å². The molecule has 0 atom stereocenters. The lowest BCUT2D eigenvalue weighted by atomic mass is 10.3. The van der Waals surface area contributed by atoms with E-state index in [-0.39, 0.29) is 11.9 Å². The van der Waals surface area contributed by atoms with Crippen molar-refractivity contribution in [3.63, 3.8) is 0 Å². The van der Waals surface area contributed by atoms with Gasteiger partial charge in [0.2, 0.25) is 0 Å². The van der Waals surface area contributed by atoms with E-state index in [1.807, 2.05) is 26.8 Å². The number of hydrogen-bond acceptors (Lipinski definition) is 3. The van der Waals surface area contributed by atoms with Gasteiger partial charge in [0.15, 0.2) is 0 Å². The fourth-order valence-electron chi connectivity index (χ4n) is 1.17. The summed E-state index contributed by atoms with van der Waals surface area (Å²) in [4.78, 5) is 15.6. The Kier molecular flexibility index (Phi) is 4.09. The second-order valence-corrected chi connectivity index (χ2v) is 3.59. The third kappa shape index (κ3) is 3.58. The van der Waals surface area contributed by atoms with E-state index < -0.39 is 0 Å². The molecule has 1 heterocycles. The topological polar surface area (TPSA) is 54.0 Å². The molecule has 0 saturated carbocycles. The number of anilines is 1. The summed E-state index contributed by atoms with van der Waals surface area (Å²) in [5, 5.41) is 5.91. The predicted octanol–water partition coefficient (Wildman–Crippen LogP) is 1.65. The van der Waals surface area contributed by atoms with E-state index in [1.165, 1.54) is 0 Å². The van der Waals surface area contributed by atoms with Gasteiger partial charge in [-0.2, -0.15) is 0 Å². The summed E-state index contributed by atoms with van der Waals surface area (Å²) in [6, 6.07) is 3.70. The van der Waals surface area contributed by atoms with Crippen molar-refractivity contribution < 1.29 is 4.79 Å². The van der Waals surface area contributed by atoms with Gasteiger partial charge in [0, 0.05) is 12.6 Å². The van der Waals surface area contributed by atoms with Crippen molar-refractivity contribution in [2.45, 2.75) is 26.8 Å². The molecular formula is C11H17N3O. The van der Waals surface area contributed by atoms with Gasteiger partial charge in [-0.25, -0.2) is 4.98 Å². The Morgan fingerprint density at radius 3 is 2.67 bits per heavy atom.